The van der Waals surface area contributed by atoms with Gasteiger partial charge in [-0.25, -0.2) is 24.6 Å². The number of rotatable bonds is 7. The molecule has 0 unspecified atom stereocenters. The minimum atomic E-state index is -3.74. The highest BCUT2D eigenvalue weighted by Gasteiger charge is 2.25. The number of nitrogens with zero attached hydrogens (tertiary/aromatic N) is 3. The van der Waals surface area contributed by atoms with E-state index in [0.29, 0.717) is 31.4 Å². The fourth-order valence-electron chi connectivity index (χ4n) is 2.90. The van der Waals surface area contributed by atoms with Crippen LogP contribution < -0.4 is 20.8 Å². The molecule has 1 fully saturated rings. The van der Waals surface area contributed by atoms with E-state index < -0.39 is 16.0 Å². The smallest absolute Gasteiger partial charge is 0.274 e. The number of aliphatic imine (C=N–C) groups is 1. The van der Waals surface area contributed by atoms with Gasteiger partial charge in [0, 0.05) is 6.04 Å². The number of halogens is 2. The molecule has 0 amide bonds. The van der Waals surface area contributed by atoms with Crippen molar-refractivity contribution in [3.05, 3.63) is 34.2 Å². The van der Waals surface area contributed by atoms with E-state index in [0.717, 1.165) is 0 Å². The van der Waals surface area contributed by atoms with Crippen molar-refractivity contribution in [2.75, 3.05) is 5.48 Å². The first-order valence-electron chi connectivity index (χ1n) is 8.73. The summed E-state index contributed by atoms with van der Waals surface area (Å²) in [6.07, 6.45) is 2.03. The van der Waals surface area contributed by atoms with Crippen molar-refractivity contribution in [2.45, 2.75) is 37.8 Å². The average Bonchev–Trinajstić information content (AvgIpc) is 3.15. The van der Waals surface area contributed by atoms with Gasteiger partial charge in [-0.15, -0.1) is 0 Å². The molecule has 30 heavy (non-hydrogen) atoms. The molecule has 0 radical (unpaired) electrons. The Morgan fingerprint density at radius 3 is 2.70 bits per heavy atom. The van der Waals surface area contributed by atoms with Crippen molar-refractivity contribution in [3.8, 4) is 0 Å². The zero-order valence-corrected chi connectivity index (χ0v) is 17.8. The molecule has 0 spiro atoms. The van der Waals surface area contributed by atoms with Crippen LogP contribution in [0.1, 0.15) is 31.4 Å². The molecule has 164 valence electrons. The summed E-state index contributed by atoms with van der Waals surface area (Å²) in [7, 11) is -3.74. The summed E-state index contributed by atoms with van der Waals surface area (Å²) in [5.74, 6) is -0.511. The van der Waals surface area contributed by atoms with Gasteiger partial charge in [-0.3, -0.25) is 15.5 Å². The van der Waals surface area contributed by atoms with E-state index >= 15 is 0 Å². The second-order valence-electron chi connectivity index (χ2n) is 6.49. The topological polar surface area (TPSA) is 177 Å². The molecule has 1 aliphatic rings. The van der Waals surface area contributed by atoms with Crippen LogP contribution in [-0.2, 0) is 15.0 Å². The molecule has 1 heterocycles. The number of anilines is 1. The van der Waals surface area contributed by atoms with E-state index in [1.54, 1.807) is 0 Å². The lowest BCUT2D eigenvalue weighted by Crippen LogP contribution is -2.42. The van der Waals surface area contributed by atoms with Gasteiger partial charge >= 0.3 is 0 Å². The number of amidine groups is 1. The molecule has 15 heteroatoms. The summed E-state index contributed by atoms with van der Waals surface area (Å²) in [5.41, 5.74) is 4.87. The molecule has 0 atom stereocenters. The fourth-order valence-corrected chi connectivity index (χ4v) is 3.96. The quantitative estimate of drug-likeness (QED) is 0.211. The van der Waals surface area contributed by atoms with Crippen LogP contribution in [0.25, 0.3) is 0 Å². The number of nitrogens with one attached hydrogen (secondary N) is 3. The first kappa shape index (κ1) is 22.5. The Bertz CT molecular complexity index is 1010. The lowest BCUT2D eigenvalue weighted by molar-refractivity contribution is 0.0612. The van der Waals surface area contributed by atoms with Gasteiger partial charge in [-0.1, -0.05) is 0 Å². The van der Waals surface area contributed by atoms with Gasteiger partial charge in [0.25, 0.3) is 10.2 Å². The van der Waals surface area contributed by atoms with E-state index in [9.17, 15) is 18.0 Å². The Kier molecular flexibility index (Phi) is 7.32. The lowest BCUT2D eigenvalue weighted by Gasteiger charge is -2.27. The van der Waals surface area contributed by atoms with Gasteiger partial charge in [0.05, 0.1) is 16.3 Å². The van der Waals surface area contributed by atoms with E-state index in [4.69, 9.17) is 9.98 Å². The highest BCUT2D eigenvalue weighted by atomic mass is 79.9. The minimum Gasteiger partial charge on any atom is -0.290 e. The molecular formula is C15H19BrFN7O5S. The largest absolute Gasteiger partial charge is 0.290 e. The van der Waals surface area contributed by atoms with Crippen molar-refractivity contribution in [1.82, 2.24) is 20.5 Å². The van der Waals surface area contributed by atoms with Crippen LogP contribution in [0.2, 0.25) is 0 Å². The Hall–Kier alpha value is -2.17. The van der Waals surface area contributed by atoms with Crippen LogP contribution >= 0.6 is 15.9 Å². The summed E-state index contributed by atoms with van der Waals surface area (Å²) >= 11 is 3.06. The molecule has 12 nitrogen and oxygen atoms in total. The Labute approximate surface area is 179 Å². The monoisotopic (exact) mass is 507 g/mol. The molecule has 1 aromatic carbocycles. The molecule has 2 aromatic rings. The molecular weight excluding hydrogens is 489 g/mol. The maximum absolute atomic E-state index is 13.4. The van der Waals surface area contributed by atoms with E-state index in [-0.39, 0.29) is 34.0 Å². The third-order valence-electron chi connectivity index (χ3n) is 4.29. The molecule has 6 N–H and O–H groups in total. The highest BCUT2D eigenvalue weighted by Crippen LogP contribution is 2.24. The van der Waals surface area contributed by atoms with Crippen molar-refractivity contribution in [2.24, 2.45) is 10.1 Å². The number of hydrogen-bond acceptors (Lipinski definition) is 9. The number of hydroxylamine groups is 1. The predicted molar refractivity (Wildman–Crippen MR) is 107 cm³/mol. The van der Waals surface area contributed by atoms with E-state index in [1.165, 1.54) is 18.2 Å². The predicted octanol–water partition coefficient (Wildman–Crippen LogP) is 1.48. The van der Waals surface area contributed by atoms with Crippen LogP contribution in [0.4, 0.5) is 15.9 Å². The third kappa shape index (κ3) is 6.16. The maximum atomic E-state index is 13.4. The number of aromatic nitrogens is 2. The zero-order chi connectivity index (χ0) is 21.7. The van der Waals surface area contributed by atoms with Crippen LogP contribution in [-0.4, -0.2) is 41.9 Å². The van der Waals surface area contributed by atoms with Crippen molar-refractivity contribution < 1.29 is 27.5 Å². The van der Waals surface area contributed by atoms with Crippen molar-refractivity contribution >= 4 is 43.5 Å². The van der Waals surface area contributed by atoms with Gasteiger partial charge in [0.1, 0.15) is 5.82 Å². The summed E-state index contributed by atoms with van der Waals surface area (Å²) < 4.78 is 42.8. The molecule has 1 aromatic heterocycles. The second kappa shape index (κ2) is 9.76. The second-order valence-corrected chi connectivity index (χ2v) is 8.67. The minimum absolute atomic E-state index is 0.0301. The van der Waals surface area contributed by atoms with Gasteiger partial charge in [0.2, 0.25) is 5.82 Å². The van der Waals surface area contributed by atoms with E-state index in [1.807, 2.05) is 5.48 Å². The van der Waals surface area contributed by atoms with Crippen LogP contribution in [0.5, 0.6) is 0 Å². The van der Waals surface area contributed by atoms with Crippen LogP contribution in [0.3, 0.4) is 0 Å². The van der Waals surface area contributed by atoms with Gasteiger partial charge in [0.15, 0.2) is 11.5 Å². The van der Waals surface area contributed by atoms with Crippen LogP contribution in [0, 0.1) is 5.82 Å². The van der Waals surface area contributed by atoms with Gasteiger partial charge in [-0.2, -0.15) is 13.1 Å². The zero-order valence-electron chi connectivity index (χ0n) is 15.4. The van der Waals surface area contributed by atoms with E-state index in [2.05, 4.69) is 46.1 Å². The standard InChI is InChI=1S/C15H19BrFN7O5S/c16-11-7-9(3-6-12(11)17)19-14(20-25)13-15(23-29-21-13)22-28-10-4-1-8(2-5-10)24-30(18,26)27/h3,6-8,10,24-25H,1-2,4-5H2,(H,19,20)(H,22,23)(H2,18,26,27). The summed E-state index contributed by atoms with van der Waals surface area (Å²) in [6, 6.07) is 3.79. The molecule has 3 rings (SSSR count). The third-order valence-corrected chi connectivity index (χ3v) is 5.56. The lowest BCUT2D eigenvalue weighted by atomic mass is 9.94. The molecule has 1 saturated carbocycles. The van der Waals surface area contributed by atoms with Gasteiger partial charge in [-0.05, 0) is 70.1 Å². The molecule has 1 aliphatic carbocycles. The number of nitrogens with two attached hydrogens (primary N) is 1. The fraction of sp³-hybridized carbons (Fsp3) is 0.400. The first-order chi connectivity index (χ1) is 14.2. The Balaban J connectivity index is 1.62. The van der Waals surface area contributed by atoms with Crippen molar-refractivity contribution in [1.29, 1.82) is 0 Å². The van der Waals surface area contributed by atoms with Crippen LogP contribution in [0.15, 0.2) is 32.3 Å². The Morgan fingerprint density at radius 1 is 1.33 bits per heavy atom. The number of hydrogen-bond donors (Lipinski definition) is 5. The molecule has 0 bridgehead atoms. The summed E-state index contributed by atoms with van der Waals surface area (Å²) in [5, 5.41) is 21.8. The normalized spacial score (nSPS) is 20.2. The van der Waals surface area contributed by atoms with Gasteiger partial charge < -0.3 is 0 Å². The van der Waals surface area contributed by atoms with Crippen molar-refractivity contribution in [3.63, 3.8) is 0 Å². The highest BCUT2D eigenvalue weighted by molar-refractivity contribution is 9.10. The average molecular weight is 508 g/mol. The maximum Gasteiger partial charge on any atom is 0.274 e. The Morgan fingerprint density at radius 2 is 2.07 bits per heavy atom. The summed E-state index contributed by atoms with van der Waals surface area (Å²) in [4.78, 5) is 9.73. The SMILES string of the molecule is NS(=O)(=O)NC1CCC(ONc2nonc2C(=Nc2ccc(F)c(Br)c2)NO)CC1. The molecule has 0 saturated heterocycles. The molecule has 0 aliphatic heterocycles. The first-order valence-corrected chi connectivity index (χ1v) is 11.1. The number of benzene rings is 1. The summed E-state index contributed by atoms with van der Waals surface area (Å²) in [6.45, 7) is 0.